The van der Waals surface area contributed by atoms with Crippen LogP contribution in [0.3, 0.4) is 0 Å². The van der Waals surface area contributed by atoms with Crippen LogP contribution in [0.4, 0.5) is 8.78 Å². The minimum absolute atomic E-state index is 0.143. The van der Waals surface area contributed by atoms with E-state index in [1.165, 1.54) is 35.4 Å². The first-order chi connectivity index (χ1) is 16.4. The predicted octanol–water partition coefficient (Wildman–Crippen LogP) is 8.93. The van der Waals surface area contributed by atoms with Gasteiger partial charge in [-0.3, -0.25) is 0 Å². The summed E-state index contributed by atoms with van der Waals surface area (Å²) in [5.74, 6) is 0.158. The van der Waals surface area contributed by atoms with E-state index in [4.69, 9.17) is 5.63 Å². The first-order valence-corrected chi connectivity index (χ1v) is 16.6. The molecule has 0 fully saturated rings. The summed E-state index contributed by atoms with van der Waals surface area (Å²) in [6.07, 6.45) is 10.1. The Morgan fingerprint density at radius 2 is 1.06 bits per heavy atom. The molecule has 4 rings (SSSR count). The normalized spacial score (nSPS) is 16.5. The van der Waals surface area contributed by atoms with E-state index in [0.717, 1.165) is 6.56 Å². The van der Waals surface area contributed by atoms with Crippen LogP contribution in [0, 0.1) is 22.5 Å². The van der Waals surface area contributed by atoms with E-state index >= 15 is 0 Å². The number of hydrogen-bond acceptors (Lipinski definition) is 2. The summed E-state index contributed by atoms with van der Waals surface area (Å²) >= 11 is -4.58. The topological polar surface area (TPSA) is 18.5 Å². The molecule has 0 amide bonds. The summed E-state index contributed by atoms with van der Waals surface area (Å²) < 4.78 is 44.9. The Morgan fingerprint density at radius 1 is 0.657 bits per heavy atom. The van der Waals surface area contributed by atoms with E-state index in [1.807, 2.05) is 0 Å². The molecule has 5 heteroatoms. The molecule has 2 aliphatic rings. The van der Waals surface area contributed by atoms with Crippen molar-refractivity contribution in [3.8, 4) is 11.5 Å². The number of allylic oxidation sites excluding steroid dienone is 8. The Hall–Kier alpha value is -2.26. The molecule has 0 bridgehead atoms. The van der Waals surface area contributed by atoms with Crippen LogP contribution in [-0.2, 0) is 21.1 Å². The standard InChI is InChI=1S/2C9H13.2C6H5FO.Zr/c2*1-9(2,3)8-6-4-5-7-8;2*7-5-2-1-3-6(8)4-5;/h2*4,6H,5H2,1-3H3;2*1-4,8H;/q;;;;+2/p-2. The molecular weight excluding hydrogens is 522 g/mol. The van der Waals surface area contributed by atoms with Crippen LogP contribution in [0.15, 0.2) is 90.5 Å². The summed E-state index contributed by atoms with van der Waals surface area (Å²) in [5, 5.41) is 0. The molecular formula is C30H34F2O2Zr. The molecule has 0 aliphatic heterocycles. The zero-order valence-electron chi connectivity index (χ0n) is 21.4. The summed E-state index contributed by atoms with van der Waals surface area (Å²) in [6.45, 7) is 13.1. The van der Waals surface area contributed by atoms with Gasteiger partial charge in [-0.15, -0.1) is 0 Å². The maximum atomic E-state index is 14.3. The van der Waals surface area contributed by atoms with Gasteiger partial charge in [0.1, 0.15) is 0 Å². The van der Waals surface area contributed by atoms with Gasteiger partial charge in [0.2, 0.25) is 0 Å². The second-order valence-electron chi connectivity index (χ2n) is 11.2. The van der Waals surface area contributed by atoms with Crippen molar-refractivity contribution in [1.82, 2.24) is 0 Å². The van der Waals surface area contributed by atoms with Crippen molar-refractivity contribution in [2.75, 3.05) is 0 Å². The van der Waals surface area contributed by atoms with Crippen LogP contribution >= 0.6 is 0 Å². The number of rotatable bonds is 6. The van der Waals surface area contributed by atoms with Crippen molar-refractivity contribution in [2.24, 2.45) is 10.8 Å². The Morgan fingerprint density at radius 3 is 1.40 bits per heavy atom. The van der Waals surface area contributed by atoms with E-state index < -0.39 is 21.1 Å². The van der Waals surface area contributed by atoms with Gasteiger partial charge in [0, 0.05) is 0 Å². The molecule has 184 valence electrons. The zero-order valence-corrected chi connectivity index (χ0v) is 23.9. The number of benzene rings is 2. The maximum absolute atomic E-state index is 14.3. The second-order valence-corrected chi connectivity index (χ2v) is 18.2. The molecule has 0 spiro atoms. The van der Waals surface area contributed by atoms with Gasteiger partial charge in [-0.25, -0.2) is 0 Å². The van der Waals surface area contributed by atoms with Crippen LogP contribution < -0.4 is 5.63 Å². The van der Waals surface area contributed by atoms with Crippen molar-refractivity contribution in [3.63, 3.8) is 0 Å². The van der Waals surface area contributed by atoms with Crippen molar-refractivity contribution in [1.29, 1.82) is 0 Å². The predicted molar refractivity (Wildman–Crippen MR) is 135 cm³/mol. The van der Waals surface area contributed by atoms with Crippen LogP contribution in [0.5, 0.6) is 11.5 Å². The Kier molecular flexibility index (Phi) is 7.12. The molecule has 0 atom stereocenters. The summed E-state index contributed by atoms with van der Waals surface area (Å²) in [5.41, 5.74) is 2.09. The number of halogens is 2. The summed E-state index contributed by atoms with van der Waals surface area (Å²) in [6, 6.07) is 12.5. The van der Waals surface area contributed by atoms with Crippen molar-refractivity contribution < 1.29 is 35.6 Å². The van der Waals surface area contributed by atoms with E-state index in [-0.39, 0.29) is 22.5 Å². The van der Waals surface area contributed by atoms with Gasteiger partial charge in [-0.2, -0.15) is 0 Å². The molecule has 0 saturated carbocycles. The Bertz CT molecular complexity index is 1140. The van der Waals surface area contributed by atoms with E-state index in [9.17, 15) is 8.78 Å². The van der Waals surface area contributed by atoms with Crippen molar-refractivity contribution in [2.45, 2.75) is 54.4 Å². The molecule has 2 aromatic rings. The van der Waals surface area contributed by atoms with Gasteiger partial charge < -0.3 is 0 Å². The molecule has 0 N–H and O–H groups in total. The molecule has 0 aromatic heterocycles. The van der Waals surface area contributed by atoms with Gasteiger partial charge in [0.25, 0.3) is 0 Å². The van der Waals surface area contributed by atoms with Crippen LogP contribution in [0.1, 0.15) is 54.4 Å². The van der Waals surface area contributed by atoms with Gasteiger partial charge in [0.15, 0.2) is 0 Å². The third kappa shape index (κ3) is 5.46. The molecule has 35 heavy (non-hydrogen) atoms. The van der Waals surface area contributed by atoms with Gasteiger partial charge in [-0.05, 0) is 0 Å². The molecule has 0 unspecified atom stereocenters. The fourth-order valence-corrected chi connectivity index (χ4v) is 15.2. The summed E-state index contributed by atoms with van der Waals surface area (Å²) in [7, 11) is 0. The SMILES string of the molecule is CC(C)(C)C1=[C]([Zr]([O]c2cccc(F)c2)([O]c2cccc(F)c2)[C]2=C(C(C)(C)C)C=CC2)CC=C1. The molecule has 0 saturated heterocycles. The van der Waals surface area contributed by atoms with Gasteiger partial charge >= 0.3 is 214 Å². The Labute approximate surface area is 213 Å². The van der Waals surface area contributed by atoms with Crippen LogP contribution in [-0.4, -0.2) is 0 Å². The fourth-order valence-electron chi connectivity index (χ4n) is 4.88. The summed E-state index contributed by atoms with van der Waals surface area (Å²) in [4.78, 5) is 0. The van der Waals surface area contributed by atoms with E-state index in [1.54, 1.807) is 24.3 Å². The van der Waals surface area contributed by atoms with Gasteiger partial charge in [0.05, 0.1) is 0 Å². The minimum atomic E-state index is -4.58. The monoisotopic (exact) mass is 554 g/mol. The zero-order chi connectivity index (χ0) is 25.4. The second kappa shape index (κ2) is 9.66. The molecule has 2 nitrogen and oxygen atoms in total. The van der Waals surface area contributed by atoms with Crippen molar-refractivity contribution in [3.05, 3.63) is 102 Å². The first-order valence-electron chi connectivity index (χ1n) is 12.1. The fraction of sp³-hybridized carbons (Fsp3) is 0.333. The van der Waals surface area contributed by atoms with Gasteiger partial charge in [-0.1, -0.05) is 0 Å². The third-order valence-corrected chi connectivity index (χ3v) is 15.2. The Balaban J connectivity index is 2.04. The molecule has 2 aliphatic carbocycles. The van der Waals surface area contributed by atoms with Crippen LogP contribution in [0.25, 0.3) is 0 Å². The van der Waals surface area contributed by atoms with E-state index in [0.29, 0.717) is 24.3 Å². The van der Waals surface area contributed by atoms with E-state index in [2.05, 4.69) is 65.8 Å². The molecule has 0 heterocycles. The average molecular weight is 556 g/mol. The van der Waals surface area contributed by atoms with Crippen molar-refractivity contribution >= 4 is 0 Å². The number of hydrogen-bond donors (Lipinski definition) is 0. The quantitative estimate of drug-likeness (QED) is 0.354. The molecule has 0 radical (unpaired) electrons. The first kappa shape index (κ1) is 25.8. The average Bonchev–Trinajstić information content (AvgIpc) is 3.43. The molecule has 2 aromatic carbocycles. The third-order valence-electron chi connectivity index (χ3n) is 6.39. The van der Waals surface area contributed by atoms with Crippen LogP contribution in [0.2, 0.25) is 0 Å².